The molecule has 0 fully saturated rings. The van der Waals surface area contributed by atoms with Gasteiger partial charge in [-0.05, 0) is 60.7 Å². The minimum atomic E-state index is -4.79. The zero-order valence-corrected chi connectivity index (χ0v) is 23.1. The second kappa shape index (κ2) is 12.5. The van der Waals surface area contributed by atoms with E-state index in [-0.39, 0.29) is 11.8 Å². The van der Waals surface area contributed by atoms with Crippen LogP contribution in [0.4, 0.5) is 24.5 Å². The Labute approximate surface area is 239 Å². The van der Waals surface area contributed by atoms with Crippen LogP contribution in [0.3, 0.4) is 0 Å². The van der Waals surface area contributed by atoms with E-state index in [9.17, 15) is 13.2 Å². The third-order valence-corrected chi connectivity index (χ3v) is 6.30. The van der Waals surface area contributed by atoms with E-state index in [0.717, 1.165) is 5.52 Å². The van der Waals surface area contributed by atoms with Crippen LogP contribution in [-0.2, 0) is 9.47 Å². The predicted molar refractivity (Wildman–Crippen MR) is 152 cm³/mol. The van der Waals surface area contributed by atoms with Crippen LogP contribution in [-0.4, -0.2) is 61.5 Å². The van der Waals surface area contributed by atoms with Crippen LogP contribution in [0.15, 0.2) is 84.0 Å². The molecule has 2 aliphatic rings. The molecule has 0 radical (unpaired) electrons. The molecule has 0 saturated heterocycles. The van der Waals surface area contributed by atoms with Crippen LogP contribution in [0.25, 0.3) is 28.1 Å². The van der Waals surface area contributed by atoms with Crippen molar-refractivity contribution >= 4 is 22.4 Å². The fourth-order valence-electron chi connectivity index (χ4n) is 4.62. The van der Waals surface area contributed by atoms with E-state index >= 15 is 0 Å². The monoisotopic (exact) mass is 579 g/mol. The molecule has 1 aliphatic heterocycles. The van der Waals surface area contributed by atoms with Crippen molar-refractivity contribution in [3.63, 3.8) is 0 Å². The molecular weight excluding hydrogens is 551 g/mol. The fourth-order valence-corrected chi connectivity index (χ4v) is 4.62. The number of ether oxygens (including phenoxy) is 4. The van der Waals surface area contributed by atoms with Crippen molar-refractivity contribution in [2.75, 3.05) is 39.9 Å². The van der Waals surface area contributed by atoms with Gasteiger partial charge in [0.25, 0.3) is 0 Å². The number of aromatic nitrogens is 3. The van der Waals surface area contributed by atoms with Gasteiger partial charge in [-0.3, -0.25) is 4.99 Å². The number of anilines is 2. The zero-order chi connectivity index (χ0) is 29.7. The van der Waals surface area contributed by atoms with E-state index < -0.39 is 6.36 Å². The first-order valence-electron chi connectivity index (χ1n) is 12.9. The first-order valence-corrected chi connectivity index (χ1v) is 12.9. The van der Waals surface area contributed by atoms with E-state index in [1.165, 1.54) is 19.2 Å². The molecule has 1 aromatic heterocycles. The van der Waals surface area contributed by atoms with Crippen molar-refractivity contribution in [1.82, 2.24) is 14.5 Å². The molecule has 0 unspecified atom stereocenters. The van der Waals surface area contributed by atoms with Gasteiger partial charge in [0.15, 0.2) is 0 Å². The topological polar surface area (TPSA) is 92.0 Å². The quantitative estimate of drug-likeness (QED) is 0.211. The van der Waals surface area contributed by atoms with Crippen molar-refractivity contribution in [3.8, 4) is 28.7 Å². The molecule has 3 aromatic rings. The summed E-state index contributed by atoms with van der Waals surface area (Å²) < 4.78 is 60.6. The molecule has 0 saturated carbocycles. The van der Waals surface area contributed by atoms with Crippen molar-refractivity contribution in [2.24, 2.45) is 4.99 Å². The molecule has 12 heteroatoms. The lowest BCUT2D eigenvalue weighted by atomic mass is 10.1. The van der Waals surface area contributed by atoms with Crippen molar-refractivity contribution < 1.29 is 32.1 Å². The summed E-state index contributed by atoms with van der Waals surface area (Å²) in [5.41, 5.74) is 4.60. The summed E-state index contributed by atoms with van der Waals surface area (Å²) in [7, 11) is 4.72. The van der Waals surface area contributed by atoms with Crippen LogP contribution >= 0.6 is 0 Å². The van der Waals surface area contributed by atoms with Gasteiger partial charge in [0.2, 0.25) is 5.88 Å². The van der Waals surface area contributed by atoms with Gasteiger partial charge in [0, 0.05) is 26.1 Å². The molecular formula is C30H28F3N5O4. The molecule has 5 rings (SSSR count). The Morgan fingerprint density at radius 2 is 1.64 bits per heavy atom. The van der Waals surface area contributed by atoms with Gasteiger partial charge in [0.05, 0.1) is 59.8 Å². The molecule has 1 N–H and O–H groups in total. The average molecular weight is 580 g/mol. The molecule has 2 aromatic carbocycles. The summed E-state index contributed by atoms with van der Waals surface area (Å²) in [6.07, 6.45) is -3.16. The third-order valence-electron chi connectivity index (χ3n) is 6.30. The maximum absolute atomic E-state index is 12.8. The van der Waals surface area contributed by atoms with E-state index in [1.807, 2.05) is 47.0 Å². The molecule has 218 valence electrons. The Morgan fingerprint density at radius 3 is 2.33 bits per heavy atom. The normalized spacial score (nSPS) is 12.3. The molecule has 0 bridgehead atoms. The highest BCUT2D eigenvalue weighted by molar-refractivity contribution is 5.84. The lowest BCUT2D eigenvalue weighted by molar-refractivity contribution is -0.274. The highest BCUT2D eigenvalue weighted by Gasteiger charge is 2.31. The number of para-hydroxylation sites is 2. The maximum atomic E-state index is 12.8. The van der Waals surface area contributed by atoms with Gasteiger partial charge < -0.3 is 28.8 Å². The number of fused-ring (bicyclic) bond motifs is 2. The summed E-state index contributed by atoms with van der Waals surface area (Å²) in [5.74, 6) is 0.0839. The summed E-state index contributed by atoms with van der Waals surface area (Å²) >= 11 is 0. The predicted octanol–water partition coefficient (Wildman–Crippen LogP) is 5.74. The Morgan fingerprint density at radius 1 is 0.905 bits per heavy atom. The Bertz CT molecular complexity index is 1700. The molecule has 42 heavy (non-hydrogen) atoms. The smallest absolute Gasteiger partial charge is 0.480 e. The second-order valence-electron chi connectivity index (χ2n) is 9.21. The number of pyridine rings is 1. The lowest BCUT2D eigenvalue weighted by Gasteiger charge is -2.21. The standard InChI is InChI=1S/C30H28F3N5O4/c1-39-17-19(18-40-2)35-25-16-28-26(15-24(25)37-23-8-6-14-34-29(23)41-3)36-22-7-4-5-9-27(22)38(28)20-10-12-21(13-11-20)42-30(31,32)33/h4-16,19,37H,17-18H2,1-3H3. The van der Waals surface area contributed by atoms with Crippen LogP contribution in [0, 0.1) is 0 Å². The molecule has 1 aliphatic carbocycles. The number of hydrogen-bond acceptors (Lipinski definition) is 8. The molecule has 0 spiro atoms. The van der Waals surface area contributed by atoms with E-state index in [4.69, 9.17) is 24.2 Å². The van der Waals surface area contributed by atoms with Crippen LogP contribution in [0.5, 0.6) is 11.6 Å². The maximum Gasteiger partial charge on any atom is 0.573 e. The van der Waals surface area contributed by atoms with Gasteiger partial charge in [-0.25, -0.2) is 9.97 Å². The number of rotatable bonds is 10. The highest BCUT2D eigenvalue weighted by Crippen LogP contribution is 2.32. The van der Waals surface area contributed by atoms with Gasteiger partial charge in [-0.2, -0.15) is 0 Å². The van der Waals surface area contributed by atoms with Gasteiger partial charge in [0.1, 0.15) is 11.4 Å². The summed E-state index contributed by atoms with van der Waals surface area (Å²) in [6, 6.07) is 20.2. The zero-order valence-electron chi connectivity index (χ0n) is 23.1. The first-order chi connectivity index (χ1) is 20.3. The number of methoxy groups -OCH3 is 3. The van der Waals surface area contributed by atoms with E-state index in [1.54, 1.807) is 38.6 Å². The number of nitrogens with one attached hydrogen (secondary N) is 1. The van der Waals surface area contributed by atoms with Crippen LogP contribution in [0.2, 0.25) is 0 Å². The lowest BCUT2D eigenvalue weighted by Crippen LogP contribution is -2.24. The minimum Gasteiger partial charge on any atom is -0.480 e. The second-order valence-corrected chi connectivity index (χ2v) is 9.21. The Balaban J connectivity index is 1.76. The number of hydrogen-bond donors (Lipinski definition) is 1. The minimum absolute atomic E-state index is 0.316. The van der Waals surface area contributed by atoms with Crippen molar-refractivity contribution in [1.29, 1.82) is 0 Å². The van der Waals surface area contributed by atoms with E-state index in [0.29, 0.717) is 58.4 Å². The van der Waals surface area contributed by atoms with Crippen LogP contribution in [0.1, 0.15) is 0 Å². The van der Waals surface area contributed by atoms with Crippen molar-refractivity contribution in [3.05, 3.63) is 84.4 Å². The molecule has 0 atom stereocenters. The Kier molecular flexibility index (Phi) is 8.55. The third kappa shape index (κ3) is 6.45. The van der Waals surface area contributed by atoms with E-state index in [2.05, 4.69) is 15.0 Å². The highest BCUT2D eigenvalue weighted by atomic mass is 19.4. The largest absolute Gasteiger partial charge is 0.573 e. The van der Waals surface area contributed by atoms with Crippen molar-refractivity contribution in [2.45, 2.75) is 12.4 Å². The van der Waals surface area contributed by atoms with Crippen LogP contribution < -0.4 is 20.1 Å². The number of nitrogens with zero attached hydrogens (tertiary/aromatic N) is 4. The summed E-state index contributed by atoms with van der Waals surface area (Å²) in [5, 5.41) is 3.95. The van der Waals surface area contributed by atoms with Gasteiger partial charge >= 0.3 is 6.36 Å². The SMILES string of the molecule is COCC(COC)N=c1cc2n(-c3ccc(OC(F)(F)F)cc3)c3ccccc3nc-2cc1Nc1cccnc1OC. The number of benzene rings is 3. The molecule has 9 nitrogen and oxygen atoms in total. The number of halogens is 3. The molecule has 0 amide bonds. The summed E-state index contributed by atoms with van der Waals surface area (Å²) in [4.78, 5) is 14.1. The fraction of sp³-hybridized carbons (Fsp3) is 0.233. The average Bonchev–Trinajstić information content (AvgIpc) is 2.96. The molecule has 2 heterocycles. The number of alkyl halides is 3. The Hall–Kier alpha value is -4.68. The van der Waals surface area contributed by atoms with Gasteiger partial charge in [-0.15, -0.1) is 13.2 Å². The first kappa shape index (κ1) is 28.8. The van der Waals surface area contributed by atoms with Gasteiger partial charge in [-0.1, -0.05) is 12.1 Å². The summed E-state index contributed by atoms with van der Waals surface area (Å²) in [6.45, 7) is 0.635.